The molecule has 0 saturated carbocycles. The first kappa shape index (κ1) is 14.0. The molecule has 0 amide bonds. The molecular formula is C12H13BrF2N2O2. The molecule has 1 aliphatic rings. The highest BCUT2D eigenvalue weighted by atomic mass is 79.9. The van der Waals surface area contributed by atoms with Gasteiger partial charge in [0.05, 0.1) is 6.61 Å². The molecule has 4 nitrogen and oxygen atoms in total. The monoisotopic (exact) mass is 334 g/mol. The van der Waals surface area contributed by atoms with E-state index < -0.39 is 18.6 Å². The van der Waals surface area contributed by atoms with Gasteiger partial charge in [-0.25, -0.2) is 13.8 Å². The first-order chi connectivity index (χ1) is 8.94. The van der Waals surface area contributed by atoms with Gasteiger partial charge in [-0.15, -0.1) is 0 Å². The molecule has 104 valence electrons. The van der Waals surface area contributed by atoms with Gasteiger partial charge in [-0.1, -0.05) is 15.9 Å². The van der Waals surface area contributed by atoms with Crippen LogP contribution in [0.2, 0.25) is 0 Å². The summed E-state index contributed by atoms with van der Waals surface area (Å²) in [4.78, 5) is 3.71. The van der Waals surface area contributed by atoms with E-state index in [2.05, 4.69) is 25.7 Å². The van der Waals surface area contributed by atoms with Crippen LogP contribution in [0.3, 0.4) is 0 Å². The van der Waals surface area contributed by atoms with Crippen LogP contribution in [0.15, 0.2) is 27.7 Å². The first-order valence-corrected chi connectivity index (χ1v) is 6.49. The Labute approximate surface area is 117 Å². The molecule has 19 heavy (non-hydrogen) atoms. The fourth-order valence-corrected chi connectivity index (χ4v) is 2.20. The number of hydrogen-bond acceptors (Lipinski definition) is 4. The summed E-state index contributed by atoms with van der Waals surface area (Å²) in [6.07, 6.45) is 0. The fraction of sp³-hybridized carbons (Fsp3) is 0.417. The Morgan fingerprint density at radius 1 is 1.58 bits per heavy atom. The Balaban J connectivity index is 2.49. The molecule has 1 aromatic rings. The summed E-state index contributed by atoms with van der Waals surface area (Å²) >= 11 is 3.26. The number of aliphatic imine (C=N–C) groups is 1. The number of halogens is 3. The molecular weight excluding hydrogens is 322 g/mol. The van der Waals surface area contributed by atoms with Gasteiger partial charge >= 0.3 is 5.92 Å². The van der Waals surface area contributed by atoms with Crippen molar-refractivity contribution in [1.82, 2.24) is 0 Å². The van der Waals surface area contributed by atoms with Crippen LogP contribution in [0.5, 0.6) is 5.75 Å². The van der Waals surface area contributed by atoms with Gasteiger partial charge in [0, 0.05) is 10.0 Å². The lowest BCUT2D eigenvalue weighted by Gasteiger charge is -2.29. The van der Waals surface area contributed by atoms with E-state index in [0.29, 0.717) is 16.8 Å². The number of alkyl halides is 2. The molecule has 1 unspecified atom stereocenters. The van der Waals surface area contributed by atoms with E-state index in [-0.39, 0.29) is 11.6 Å². The summed E-state index contributed by atoms with van der Waals surface area (Å²) in [5.41, 5.74) is 5.67. The minimum absolute atomic E-state index is 0.238. The molecule has 1 aromatic carbocycles. The molecule has 0 radical (unpaired) electrons. The van der Waals surface area contributed by atoms with Crippen LogP contribution in [-0.4, -0.2) is 25.2 Å². The summed E-state index contributed by atoms with van der Waals surface area (Å²) in [5.74, 6) is -2.76. The highest BCUT2D eigenvalue weighted by Gasteiger charge is 2.46. The van der Waals surface area contributed by atoms with Crippen LogP contribution < -0.4 is 10.5 Å². The SMILES string of the molecule is CCOc1ccc(Br)cc1C1N=C(N)OCC1(F)F. The second kappa shape index (κ2) is 5.32. The van der Waals surface area contributed by atoms with Gasteiger partial charge in [-0.2, -0.15) is 0 Å². The predicted molar refractivity (Wildman–Crippen MR) is 70.6 cm³/mol. The predicted octanol–water partition coefficient (Wildman–Crippen LogP) is 2.87. The summed E-state index contributed by atoms with van der Waals surface area (Å²) < 4.78 is 38.5. The number of ether oxygens (including phenoxy) is 2. The largest absolute Gasteiger partial charge is 0.494 e. The molecule has 0 spiro atoms. The second-order valence-electron chi connectivity index (χ2n) is 4.03. The lowest BCUT2D eigenvalue weighted by molar-refractivity contribution is -0.0786. The van der Waals surface area contributed by atoms with Crippen LogP contribution in [0.1, 0.15) is 18.5 Å². The summed E-state index contributed by atoms with van der Waals surface area (Å²) in [5, 5.41) is 0. The van der Waals surface area contributed by atoms with Crippen molar-refractivity contribution in [1.29, 1.82) is 0 Å². The number of amidine groups is 1. The van der Waals surface area contributed by atoms with Crippen molar-refractivity contribution in [2.45, 2.75) is 18.9 Å². The molecule has 2 rings (SSSR count). The van der Waals surface area contributed by atoms with Crippen LogP contribution in [0, 0.1) is 0 Å². The zero-order valence-electron chi connectivity index (χ0n) is 10.2. The number of benzene rings is 1. The molecule has 0 fully saturated rings. The van der Waals surface area contributed by atoms with E-state index in [0.717, 1.165) is 0 Å². The minimum Gasteiger partial charge on any atom is -0.494 e. The van der Waals surface area contributed by atoms with Crippen molar-refractivity contribution in [2.75, 3.05) is 13.2 Å². The molecule has 1 aliphatic heterocycles. The standard InChI is InChI=1S/C12H13BrF2N2O2/c1-2-18-9-4-3-7(13)5-8(9)10-12(14,15)6-19-11(16)17-10/h3-5,10H,2,6H2,1H3,(H2,16,17). The van der Waals surface area contributed by atoms with Crippen LogP contribution in [0.4, 0.5) is 8.78 Å². The van der Waals surface area contributed by atoms with Gasteiger partial charge in [0.25, 0.3) is 6.02 Å². The Hall–Kier alpha value is -1.37. The average Bonchev–Trinajstić information content (AvgIpc) is 2.35. The van der Waals surface area contributed by atoms with Gasteiger partial charge in [0.1, 0.15) is 5.75 Å². The van der Waals surface area contributed by atoms with Crippen molar-refractivity contribution in [3.63, 3.8) is 0 Å². The lowest BCUT2D eigenvalue weighted by atomic mass is 10.00. The quantitative estimate of drug-likeness (QED) is 0.924. The van der Waals surface area contributed by atoms with Gasteiger partial charge in [0.2, 0.25) is 0 Å². The Morgan fingerprint density at radius 2 is 2.32 bits per heavy atom. The number of hydrogen-bond donors (Lipinski definition) is 1. The maximum absolute atomic E-state index is 13.9. The van der Waals surface area contributed by atoms with Crippen molar-refractivity contribution in [3.8, 4) is 5.75 Å². The van der Waals surface area contributed by atoms with E-state index >= 15 is 0 Å². The van der Waals surface area contributed by atoms with Gasteiger partial charge in [-0.3, -0.25) is 0 Å². The van der Waals surface area contributed by atoms with Crippen molar-refractivity contribution < 1.29 is 18.3 Å². The van der Waals surface area contributed by atoms with Gasteiger partial charge in [0.15, 0.2) is 12.6 Å². The smallest absolute Gasteiger partial charge is 0.307 e. The molecule has 1 atom stereocenters. The number of rotatable bonds is 3. The van der Waals surface area contributed by atoms with E-state index in [4.69, 9.17) is 10.5 Å². The molecule has 2 N–H and O–H groups in total. The summed E-state index contributed by atoms with van der Waals surface area (Å²) in [6.45, 7) is 1.37. The van der Waals surface area contributed by atoms with E-state index in [9.17, 15) is 8.78 Å². The Morgan fingerprint density at radius 3 is 3.00 bits per heavy atom. The third kappa shape index (κ3) is 2.97. The highest BCUT2D eigenvalue weighted by Crippen LogP contribution is 2.42. The molecule has 7 heteroatoms. The Bertz CT molecular complexity index is 509. The first-order valence-electron chi connectivity index (χ1n) is 5.70. The molecule has 1 heterocycles. The van der Waals surface area contributed by atoms with Crippen molar-refractivity contribution in [2.24, 2.45) is 10.7 Å². The van der Waals surface area contributed by atoms with E-state index in [1.807, 2.05) is 0 Å². The molecule has 0 bridgehead atoms. The average molecular weight is 335 g/mol. The highest BCUT2D eigenvalue weighted by molar-refractivity contribution is 9.10. The molecule has 0 saturated heterocycles. The Kier molecular flexibility index (Phi) is 3.93. The zero-order chi connectivity index (χ0) is 14.0. The number of nitrogens with zero attached hydrogens (tertiary/aromatic N) is 1. The third-order valence-electron chi connectivity index (χ3n) is 2.64. The molecule has 0 aliphatic carbocycles. The maximum atomic E-state index is 13.9. The van der Waals surface area contributed by atoms with Gasteiger partial charge < -0.3 is 15.2 Å². The fourth-order valence-electron chi connectivity index (χ4n) is 1.83. The maximum Gasteiger partial charge on any atom is 0.307 e. The normalized spacial score (nSPS) is 21.5. The van der Waals surface area contributed by atoms with E-state index in [1.54, 1.807) is 25.1 Å². The van der Waals surface area contributed by atoms with Crippen LogP contribution >= 0.6 is 15.9 Å². The molecule has 0 aromatic heterocycles. The third-order valence-corrected chi connectivity index (χ3v) is 3.13. The summed E-state index contributed by atoms with van der Waals surface area (Å²) in [7, 11) is 0. The second-order valence-corrected chi connectivity index (χ2v) is 4.95. The van der Waals surface area contributed by atoms with Crippen molar-refractivity contribution >= 4 is 22.0 Å². The lowest BCUT2D eigenvalue weighted by Crippen LogP contribution is -2.39. The minimum atomic E-state index is -3.13. The summed E-state index contributed by atoms with van der Waals surface area (Å²) in [6, 6.07) is 3.27. The van der Waals surface area contributed by atoms with Crippen molar-refractivity contribution in [3.05, 3.63) is 28.2 Å². The van der Waals surface area contributed by atoms with Crippen LogP contribution in [0.25, 0.3) is 0 Å². The van der Waals surface area contributed by atoms with E-state index in [1.165, 1.54) is 0 Å². The topological polar surface area (TPSA) is 56.8 Å². The number of nitrogens with two attached hydrogens (primary N) is 1. The zero-order valence-corrected chi connectivity index (χ0v) is 11.8. The van der Waals surface area contributed by atoms with Crippen LogP contribution in [-0.2, 0) is 4.74 Å². The van der Waals surface area contributed by atoms with Gasteiger partial charge in [-0.05, 0) is 25.1 Å².